The van der Waals surface area contributed by atoms with Crippen molar-refractivity contribution < 1.29 is 4.74 Å². The molecule has 0 aliphatic carbocycles. The molecule has 0 unspecified atom stereocenters. The van der Waals surface area contributed by atoms with Gasteiger partial charge in [0.15, 0.2) is 5.96 Å². The summed E-state index contributed by atoms with van der Waals surface area (Å²) in [7, 11) is 1.83. The van der Waals surface area contributed by atoms with Gasteiger partial charge in [0.2, 0.25) is 0 Å². The van der Waals surface area contributed by atoms with Crippen LogP contribution in [-0.2, 0) is 4.74 Å². The minimum Gasteiger partial charge on any atom is -0.379 e. The van der Waals surface area contributed by atoms with Gasteiger partial charge in [0.1, 0.15) is 0 Å². The van der Waals surface area contributed by atoms with Crippen LogP contribution in [0.3, 0.4) is 0 Å². The Labute approximate surface area is 134 Å². The number of guanidine groups is 1. The summed E-state index contributed by atoms with van der Waals surface area (Å²) in [6.45, 7) is 11.5. The Morgan fingerprint density at radius 1 is 1.24 bits per heavy atom. The average molecular weight is 317 g/mol. The van der Waals surface area contributed by atoms with Crippen LogP contribution in [0.4, 0.5) is 0 Å². The zero-order valence-electron chi connectivity index (χ0n) is 14.1. The first-order valence-corrected chi connectivity index (χ1v) is 9.09. The third-order valence-electron chi connectivity index (χ3n) is 3.76. The summed E-state index contributed by atoms with van der Waals surface area (Å²) in [6.07, 6.45) is 4.54. The number of ether oxygens (including phenoxy) is 1. The molecule has 0 aromatic carbocycles. The molecule has 0 saturated carbocycles. The van der Waals surface area contributed by atoms with Gasteiger partial charge in [-0.2, -0.15) is 11.8 Å². The van der Waals surface area contributed by atoms with Crippen LogP contribution in [-0.4, -0.2) is 74.8 Å². The predicted molar refractivity (Wildman–Crippen MR) is 93.5 cm³/mol. The summed E-state index contributed by atoms with van der Waals surface area (Å²) >= 11 is 1.87. The van der Waals surface area contributed by atoms with Crippen LogP contribution in [0.25, 0.3) is 0 Å². The Bertz CT molecular complexity index is 304. The molecule has 1 saturated heterocycles. The van der Waals surface area contributed by atoms with Gasteiger partial charge in [-0.25, -0.2) is 0 Å². The number of morpholine rings is 1. The Balaban J connectivity index is 2.06. The number of nitrogens with one attached hydrogen (secondary N) is 2. The molecule has 0 aromatic heterocycles. The summed E-state index contributed by atoms with van der Waals surface area (Å²) in [5, 5.41) is 6.78. The standard InChI is InChI=1S/C15H32N4OS/c1-15(2,21-4)13-18-14(16-3)17-7-5-6-8-19-9-11-20-12-10-19/h5-13H2,1-4H3,(H2,16,17,18). The fraction of sp³-hybridized carbons (Fsp3) is 0.933. The second-order valence-corrected chi connectivity index (χ2v) is 7.49. The molecule has 5 nitrogen and oxygen atoms in total. The fourth-order valence-electron chi connectivity index (χ4n) is 2.08. The quantitative estimate of drug-likeness (QED) is 0.403. The van der Waals surface area contributed by atoms with Crippen molar-refractivity contribution in [2.24, 2.45) is 4.99 Å². The molecule has 2 N–H and O–H groups in total. The number of rotatable bonds is 8. The van der Waals surface area contributed by atoms with E-state index < -0.39 is 0 Å². The number of nitrogens with zero attached hydrogens (tertiary/aromatic N) is 2. The van der Waals surface area contributed by atoms with Crippen molar-refractivity contribution >= 4 is 17.7 Å². The van der Waals surface area contributed by atoms with Crippen LogP contribution in [0.5, 0.6) is 0 Å². The molecule has 0 spiro atoms. The van der Waals surface area contributed by atoms with E-state index in [1.165, 1.54) is 19.4 Å². The van der Waals surface area contributed by atoms with E-state index in [2.05, 4.69) is 40.6 Å². The zero-order valence-corrected chi connectivity index (χ0v) is 14.9. The van der Waals surface area contributed by atoms with Crippen LogP contribution in [0.2, 0.25) is 0 Å². The van der Waals surface area contributed by atoms with Crippen LogP contribution < -0.4 is 10.6 Å². The molecule has 21 heavy (non-hydrogen) atoms. The molecule has 1 fully saturated rings. The topological polar surface area (TPSA) is 48.9 Å². The number of thioether (sulfide) groups is 1. The first-order valence-electron chi connectivity index (χ1n) is 7.87. The Kier molecular flexibility index (Phi) is 9.11. The first kappa shape index (κ1) is 18.6. The molecule has 1 rings (SSSR count). The monoisotopic (exact) mass is 316 g/mol. The SMILES string of the molecule is CN=C(NCCCCN1CCOCC1)NCC(C)(C)SC. The highest BCUT2D eigenvalue weighted by atomic mass is 32.2. The summed E-state index contributed by atoms with van der Waals surface area (Å²) in [6, 6.07) is 0. The second kappa shape index (κ2) is 10.3. The normalized spacial score (nSPS) is 17.8. The smallest absolute Gasteiger partial charge is 0.191 e. The molecule has 6 heteroatoms. The maximum absolute atomic E-state index is 5.36. The van der Waals surface area contributed by atoms with E-state index in [4.69, 9.17) is 4.74 Å². The Morgan fingerprint density at radius 2 is 1.95 bits per heavy atom. The van der Waals surface area contributed by atoms with Gasteiger partial charge in [-0.05, 0) is 39.5 Å². The van der Waals surface area contributed by atoms with Crippen LogP contribution >= 0.6 is 11.8 Å². The van der Waals surface area contributed by atoms with Crippen LogP contribution in [0.15, 0.2) is 4.99 Å². The third kappa shape index (κ3) is 8.53. The van der Waals surface area contributed by atoms with Crippen LogP contribution in [0, 0.1) is 0 Å². The van der Waals surface area contributed by atoms with E-state index in [1.54, 1.807) is 0 Å². The van der Waals surface area contributed by atoms with Gasteiger partial charge >= 0.3 is 0 Å². The van der Waals surface area contributed by atoms with Gasteiger partial charge in [-0.15, -0.1) is 0 Å². The van der Waals surface area contributed by atoms with Crippen molar-refractivity contribution in [3.8, 4) is 0 Å². The van der Waals surface area contributed by atoms with Crippen molar-refractivity contribution in [1.82, 2.24) is 15.5 Å². The molecule has 0 bridgehead atoms. The second-order valence-electron chi connectivity index (χ2n) is 5.98. The zero-order chi connectivity index (χ0) is 15.6. The van der Waals surface area contributed by atoms with E-state index in [1.807, 2.05) is 18.8 Å². The lowest BCUT2D eigenvalue weighted by molar-refractivity contribution is 0.0372. The minimum absolute atomic E-state index is 0.230. The van der Waals surface area contributed by atoms with Gasteiger partial charge in [0.05, 0.1) is 13.2 Å². The van der Waals surface area contributed by atoms with Crippen molar-refractivity contribution in [2.75, 3.05) is 59.2 Å². The van der Waals surface area contributed by atoms with E-state index in [0.717, 1.165) is 45.4 Å². The predicted octanol–water partition coefficient (Wildman–Crippen LogP) is 1.41. The maximum atomic E-state index is 5.36. The van der Waals surface area contributed by atoms with E-state index in [0.29, 0.717) is 0 Å². The summed E-state index contributed by atoms with van der Waals surface area (Å²) in [5.41, 5.74) is 0. The third-order valence-corrected chi connectivity index (χ3v) is 5.00. The highest BCUT2D eigenvalue weighted by Gasteiger charge is 2.16. The number of hydrogen-bond donors (Lipinski definition) is 2. The Hall–Kier alpha value is -0.460. The molecular formula is C15H32N4OS. The number of unbranched alkanes of at least 4 members (excludes halogenated alkanes) is 1. The molecule has 1 aliphatic rings. The van der Waals surface area contributed by atoms with Gasteiger partial charge in [-0.3, -0.25) is 9.89 Å². The molecule has 1 heterocycles. The fourth-order valence-corrected chi connectivity index (χ4v) is 2.30. The highest BCUT2D eigenvalue weighted by molar-refractivity contribution is 7.99. The molecule has 0 amide bonds. The van der Waals surface area contributed by atoms with E-state index in [-0.39, 0.29) is 4.75 Å². The van der Waals surface area contributed by atoms with Gasteiger partial charge in [0, 0.05) is 38.0 Å². The summed E-state index contributed by atoms with van der Waals surface area (Å²) in [4.78, 5) is 6.75. The Morgan fingerprint density at radius 3 is 2.57 bits per heavy atom. The minimum atomic E-state index is 0.230. The van der Waals surface area contributed by atoms with Crippen molar-refractivity contribution in [1.29, 1.82) is 0 Å². The van der Waals surface area contributed by atoms with Crippen molar-refractivity contribution in [3.05, 3.63) is 0 Å². The average Bonchev–Trinajstić information content (AvgIpc) is 2.51. The van der Waals surface area contributed by atoms with Gasteiger partial charge < -0.3 is 15.4 Å². The van der Waals surface area contributed by atoms with Crippen molar-refractivity contribution in [3.63, 3.8) is 0 Å². The first-order chi connectivity index (χ1) is 10.1. The number of aliphatic imine (C=N–C) groups is 1. The molecule has 0 atom stereocenters. The lowest BCUT2D eigenvalue weighted by Gasteiger charge is -2.26. The molecule has 1 aliphatic heterocycles. The molecule has 0 aromatic rings. The lowest BCUT2D eigenvalue weighted by Crippen LogP contribution is -2.43. The summed E-state index contributed by atoms with van der Waals surface area (Å²) in [5.74, 6) is 0.906. The van der Waals surface area contributed by atoms with E-state index in [9.17, 15) is 0 Å². The van der Waals surface area contributed by atoms with Gasteiger partial charge in [-0.1, -0.05) is 0 Å². The van der Waals surface area contributed by atoms with E-state index >= 15 is 0 Å². The summed E-state index contributed by atoms with van der Waals surface area (Å²) < 4.78 is 5.59. The maximum Gasteiger partial charge on any atom is 0.191 e. The number of hydrogen-bond acceptors (Lipinski definition) is 4. The van der Waals surface area contributed by atoms with Crippen LogP contribution in [0.1, 0.15) is 26.7 Å². The molecule has 0 radical (unpaired) electrons. The molecule has 124 valence electrons. The van der Waals surface area contributed by atoms with Crippen molar-refractivity contribution in [2.45, 2.75) is 31.4 Å². The highest BCUT2D eigenvalue weighted by Crippen LogP contribution is 2.19. The lowest BCUT2D eigenvalue weighted by atomic mass is 10.2. The van der Waals surface area contributed by atoms with Gasteiger partial charge in [0.25, 0.3) is 0 Å². The largest absolute Gasteiger partial charge is 0.379 e. The molecular weight excluding hydrogens is 284 g/mol.